The fourth-order valence-corrected chi connectivity index (χ4v) is 5.27. The smallest absolute Gasteiger partial charge is 0.322 e. The van der Waals surface area contributed by atoms with E-state index in [1.54, 1.807) is 14.7 Å². The summed E-state index contributed by atoms with van der Waals surface area (Å²) in [4.78, 5) is 46.0. The number of likely N-dealkylation sites (N-methyl/N-ethyl adjacent to an activating group) is 1. The second-order valence-corrected chi connectivity index (χ2v) is 9.47. The van der Waals surface area contributed by atoms with Gasteiger partial charge in [0.05, 0.1) is 37.1 Å². The summed E-state index contributed by atoms with van der Waals surface area (Å²) in [5, 5.41) is 3.03. The summed E-state index contributed by atoms with van der Waals surface area (Å²) in [7, 11) is 0. The molecule has 4 amide bonds. The van der Waals surface area contributed by atoms with Crippen molar-refractivity contribution in [3.8, 4) is 0 Å². The molecule has 3 aliphatic heterocycles. The minimum Gasteiger partial charge on any atom is -0.378 e. The predicted molar refractivity (Wildman–Crippen MR) is 135 cm³/mol. The number of ether oxygens (including phenoxy) is 1. The Morgan fingerprint density at radius 2 is 1.75 bits per heavy atom. The number of nitrogens with one attached hydrogen (secondary N) is 1. The first-order valence-electron chi connectivity index (χ1n) is 12.6. The van der Waals surface area contributed by atoms with E-state index in [9.17, 15) is 14.4 Å². The van der Waals surface area contributed by atoms with Crippen molar-refractivity contribution in [1.29, 1.82) is 0 Å². The minimum atomic E-state index is -0.670. The molecule has 5 rings (SSSR count). The standard InChI is InChI=1S/C28H32N4O4/c1-3-31-23-18-32(27(34)24(23)25(29-28(31)35)21-11-9-19(2)10-12-21)22(17-20-7-5-4-6-8-20)26(33)30-13-15-36-16-14-30/h4-12,22,25H,3,13-18H2,1-2H3,(H,29,35)/t22-,25-/m1/s1. The molecule has 8 heteroatoms. The molecule has 8 nitrogen and oxygen atoms in total. The van der Waals surface area contributed by atoms with E-state index in [1.165, 1.54) is 0 Å². The van der Waals surface area contributed by atoms with Crippen LogP contribution in [0.4, 0.5) is 4.79 Å². The molecule has 0 aromatic heterocycles. The summed E-state index contributed by atoms with van der Waals surface area (Å²) in [6, 6.07) is 16.2. The number of rotatable bonds is 6. The number of carbonyl (C=O) groups is 3. The first-order valence-corrected chi connectivity index (χ1v) is 12.6. The third-order valence-electron chi connectivity index (χ3n) is 7.23. The van der Waals surface area contributed by atoms with Gasteiger partial charge in [0.15, 0.2) is 0 Å². The molecule has 1 fully saturated rings. The lowest BCUT2D eigenvalue weighted by molar-refractivity contribution is -0.145. The van der Waals surface area contributed by atoms with Crippen LogP contribution < -0.4 is 5.32 Å². The quantitative estimate of drug-likeness (QED) is 0.678. The van der Waals surface area contributed by atoms with E-state index in [4.69, 9.17) is 4.74 Å². The lowest BCUT2D eigenvalue weighted by Crippen LogP contribution is -2.53. The lowest BCUT2D eigenvalue weighted by Gasteiger charge is -2.35. The number of nitrogens with zero attached hydrogens (tertiary/aromatic N) is 3. The molecule has 3 heterocycles. The van der Waals surface area contributed by atoms with Crippen LogP contribution in [0.15, 0.2) is 65.9 Å². The zero-order valence-corrected chi connectivity index (χ0v) is 20.8. The number of amides is 4. The maximum Gasteiger partial charge on any atom is 0.322 e. The number of morpholine rings is 1. The van der Waals surface area contributed by atoms with Crippen molar-refractivity contribution in [2.24, 2.45) is 0 Å². The van der Waals surface area contributed by atoms with Gasteiger partial charge in [-0.25, -0.2) is 4.79 Å². The number of aryl methyl sites for hydroxylation is 1. The van der Waals surface area contributed by atoms with Crippen LogP contribution in [0, 0.1) is 6.92 Å². The Morgan fingerprint density at radius 3 is 2.42 bits per heavy atom. The van der Waals surface area contributed by atoms with Gasteiger partial charge < -0.3 is 19.9 Å². The van der Waals surface area contributed by atoms with Gasteiger partial charge in [0.1, 0.15) is 6.04 Å². The van der Waals surface area contributed by atoms with Gasteiger partial charge in [0.25, 0.3) is 5.91 Å². The lowest BCUT2D eigenvalue weighted by atomic mass is 9.95. The summed E-state index contributed by atoms with van der Waals surface area (Å²) in [5.41, 5.74) is 4.17. The predicted octanol–water partition coefficient (Wildman–Crippen LogP) is 2.65. The van der Waals surface area contributed by atoms with Crippen LogP contribution in [0.3, 0.4) is 0 Å². The highest BCUT2D eigenvalue weighted by Crippen LogP contribution is 2.37. The largest absolute Gasteiger partial charge is 0.378 e. The Labute approximate surface area is 211 Å². The van der Waals surface area contributed by atoms with Crippen molar-refractivity contribution >= 4 is 17.8 Å². The third-order valence-corrected chi connectivity index (χ3v) is 7.23. The summed E-state index contributed by atoms with van der Waals surface area (Å²) >= 11 is 0. The van der Waals surface area contributed by atoms with Gasteiger partial charge >= 0.3 is 6.03 Å². The van der Waals surface area contributed by atoms with Gasteiger partial charge in [-0.15, -0.1) is 0 Å². The second-order valence-electron chi connectivity index (χ2n) is 9.47. The average Bonchev–Trinajstić information content (AvgIpc) is 3.24. The Balaban J connectivity index is 1.51. The summed E-state index contributed by atoms with van der Waals surface area (Å²) < 4.78 is 5.45. The van der Waals surface area contributed by atoms with Crippen molar-refractivity contribution < 1.29 is 19.1 Å². The first-order chi connectivity index (χ1) is 17.5. The van der Waals surface area contributed by atoms with Gasteiger partial charge in [-0.3, -0.25) is 14.5 Å². The van der Waals surface area contributed by atoms with E-state index in [0.29, 0.717) is 50.5 Å². The van der Waals surface area contributed by atoms with Crippen molar-refractivity contribution in [3.05, 3.63) is 82.6 Å². The Hall–Kier alpha value is -3.65. The Morgan fingerprint density at radius 1 is 1.06 bits per heavy atom. The van der Waals surface area contributed by atoms with Crippen molar-refractivity contribution in [2.45, 2.75) is 32.4 Å². The van der Waals surface area contributed by atoms with E-state index in [0.717, 1.165) is 16.7 Å². The van der Waals surface area contributed by atoms with E-state index in [1.807, 2.05) is 68.4 Å². The molecule has 2 aromatic carbocycles. The topological polar surface area (TPSA) is 82.2 Å². The van der Waals surface area contributed by atoms with E-state index in [-0.39, 0.29) is 24.4 Å². The molecule has 0 radical (unpaired) electrons. The molecule has 0 saturated carbocycles. The minimum absolute atomic E-state index is 0.0791. The molecule has 188 valence electrons. The number of hydrogen-bond acceptors (Lipinski definition) is 4. The molecule has 2 atom stereocenters. The van der Waals surface area contributed by atoms with Gasteiger partial charge in [-0.05, 0) is 25.0 Å². The van der Waals surface area contributed by atoms with Gasteiger partial charge in [-0.1, -0.05) is 60.2 Å². The van der Waals surface area contributed by atoms with Crippen molar-refractivity contribution in [3.63, 3.8) is 0 Å². The van der Waals surface area contributed by atoms with Crippen LogP contribution >= 0.6 is 0 Å². The summed E-state index contributed by atoms with van der Waals surface area (Å²) in [6.45, 7) is 6.55. The molecule has 3 aliphatic rings. The maximum atomic E-state index is 14.1. The fourth-order valence-electron chi connectivity index (χ4n) is 5.27. The van der Waals surface area contributed by atoms with Crippen molar-refractivity contribution in [1.82, 2.24) is 20.0 Å². The third kappa shape index (κ3) is 4.48. The van der Waals surface area contributed by atoms with Gasteiger partial charge in [-0.2, -0.15) is 0 Å². The number of benzene rings is 2. The van der Waals surface area contributed by atoms with E-state index >= 15 is 0 Å². The van der Waals surface area contributed by atoms with Crippen LogP contribution in [0.1, 0.15) is 29.7 Å². The highest BCUT2D eigenvalue weighted by Gasteiger charge is 2.47. The highest BCUT2D eigenvalue weighted by molar-refractivity contribution is 6.03. The number of urea groups is 1. The summed E-state index contributed by atoms with van der Waals surface area (Å²) in [6.07, 6.45) is 0.409. The maximum absolute atomic E-state index is 14.1. The molecule has 1 N–H and O–H groups in total. The number of hydrogen-bond donors (Lipinski definition) is 1. The van der Waals surface area contributed by atoms with Gasteiger partial charge in [0.2, 0.25) is 5.91 Å². The summed E-state index contributed by atoms with van der Waals surface area (Å²) in [5.74, 6) is -0.277. The normalized spacial score (nSPS) is 20.9. The van der Waals surface area contributed by atoms with Gasteiger partial charge in [0, 0.05) is 26.1 Å². The van der Waals surface area contributed by atoms with Crippen LogP contribution in [0.5, 0.6) is 0 Å². The van der Waals surface area contributed by atoms with E-state index < -0.39 is 12.1 Å². The monoisotopic (exact) mass is 488 g/mol. The molecular formula is C28H32N4O4. The van der Waals surface area contributed by atoms with E-state index in [2.05, 4.69) is 5.32 Å². The number of carbonyl (C=O) groups excluding carboxylic acids is 3. The Kier molecular flexibility index (Phi) is 6.78. The van der Waals surface area contributed by atoms with Crippen LogP contribution in [-0.4, -0.2) is 78.0 Å². The zero-order chi connectivity index (χ0) is 25.2. The second kappa shape index (κ2) is 10.1. The van der Waals surface area contributed by atoms with Crippen LogP contribution in [-0.2, 0) is 20.7 Å². The van der Waals surface area contributed by atoms with Crippen LogP contribution in [0.2, 0.25) is 0 Å². The first kappa shape index (κ1) is 24.1. The molecule has 2 aromatic rings. The molecular weight excluding hydrogens is 456 g/mol. The fraction of sp³-hybridized carbons (Fsp3) is 0.393. The average molecular weight is 489 g/mol. The molecule has 1 saturated heterocycles. The van der Waals surface area contributed by atoms with Crippen molar-refractivity contribution in [2.75, 3.05) is 39.4 Å². The van der Waals surface area contributed by atoms with Crippen LogP contribution in [0.25, 0.3) is 0 Å². The Bertz CT molecular complexity index is 1170. The zero-order valence-electron chi connectivity index (χ0n) is 20.8. The molecule has 36 heavy (non-hydrogen) atoms. The molecule has 0 unspecified atom stereocenters. The molecule has 0 spiro atoms. The molecule has 0 aliphatic carbocycles. The molecule has 0 bridgehead atoms. The SMILES string of the molecule is CCN1C(=O)N[C@H](c2ccc(C)cc2)C2=C1CN([C@H](Cc1ccccc1)C(=O)N1CCOCC1)C2=O. The highest BCUT2D eigenvalue weighted by atomic mass is 16.5.